The summed E-state index contributed by atoms with van der Waals surface area (Å²) in [6, 6.07) is 41.7. The van der Waals surface area contributed by atoms with Gasteiger partial charge in [-0.05, 0) is 65.2 Å². The van der Waals surface area contributed by atoms with Gasteiger partial charge in [0.25, 0.3) is 0 Å². The zero-order valence-electron chi connectivity index (χ0n) is 33.4. The van der Waals surface area contributed by atoms with Gasteiger partial charge in [0.1, 0.15) is 0 Å². The second-order valence-corrected chi connectivity index (χ2v) is 14.6. The molecule has 0 atom stereocenters. The smallest absolute Gasteiger partial charge is 0.453 e. The molecule has 6 aromatic rings. The van der Waals surface area contributed by atoms with E-state index in [1.54, 1.807) is 22.7 Å². The predicted octanol–water partition coefficient (Wildman–Crippen LogP) is 10.3. The molecule has 0 unspecified atom stereocenters. The molecule has 7 rings (SSSR count). The number of benzene rings is 5. The van der Waals surface area contributed by atoms with Crippen LogP contribution in [0.25, 0.3) is 33.5 Å². The topological polar surface area (TPSA) is 117 Å². The van der Waals surface area contributed by atoms with Gasteiger partial charge in [0, 0.05) is 64.2 Å². The van der Waals surface area contributed by atoms with Crippen LogP contribution in [0.2, 0.25) is 10.0 Å². The Morgan fingerprint density at radius 1 is 0.661 bits per heavy atom. The summed E-state index contributed by atoms with van der Waals surface area (Å²) in [5.41, 5.74) is 9.23. The predicted molar refractivity (Wildman–Crippen MR) is 245 cm³/mol. The molecular weight excluding hydrogens is 814 g/mol. The van der Waals surface area contributed by atoms with Crippen molar-refractivity contribution in [1.29, 1.82) is 10.5 Å². The Morgan fingerprint density at radius 2 is 1.18 bits per heavy atom. The SMILES string of the molecule is CC(=O)OCC#Cc1ccc(C2=N/C(=C(/c3c(Cl)cccc3Cl)c3c(-c4ccccc4)cc(-c4ccc(C#CCOC(C)=O)cc4)n3B(C#N)C#N)C(c3ccccc3)=C2)cc1. The van der Waals surface area contributed by atoms with E-state index in [4.69, 9.17) is 37.7 Å². The summed E-state index contributed by atoms with van der Waals surface area (Å²) in [7, 11) is 0. The number of nitriles is 2. The number of hydrogen-bond acceptors (Lipinski definition) is 7. The number of halogens is 2. The minimum absolute atomic E-state index is 0.0135. The minimum atomic E-state index is -1.32. The molecule has 0 saturated carbocycles. The number of allylic oxidation sites excluding steroid dienone is 2. The third-order valence-electron chi connectivity index (χ3n) is 9.69. The van der Waals surface area contributed by atoms with Crippen LogP contribution in [-0.2, 0) is 19.1 Å². The average molecular weight is 848 g/mol. The second-order valence-electron chi connectivity index (χ2n) is 13.7. The Bertz CT molecular complexity index is 2980. The highest BCUT2D eigenvalue weighted by Gasteiger charge is 2.34. The van der Waals surface area contributed by atoms with Gasteiger partial charge in [-0.1, -0.05) is 138 Å². The summed E-state index contributed by atoms with van der Waals surface area (Å²) in [6.07, 6.45) is 2.00. The van der Waals surface area contributed by atoms with Gasteiger partial charge in [-0.2, -0.15) is 0 Å². The van der Waals surface area contributed by atoms with E-state index in [-0.39, 0.29) is 13.2 Å². The van der Waals surface area contributed by atoms with E-state index in [1.807, 2.05) is 121 Å². The molecule has 0 radical (unpaired) electrons. The molecule has 8 nitrogen and oxygen atoms in total. The van der Waals surface area contributed by atoms with Gasteiger partial charge >= 0.3 is 18.8 Å². The molecule has 2 heterocycles. The standard InChI is InChI=1S/C51H33BCl2N4O4/c1-34(59)61-28-10-12-36-20-24-40(25-21-36)46-30-42(38-14-5-3-6-15-38)50(57-46)49(48-44(53)18-9-19-45(48)54)51-43(39-16-7-4-8-17-39)31-47(58(51)52(32-55)33-56)41-26-22-37(23-27-41)13-11-29-62-35(2)60/h3-9,14-27,30-31H,28-29H2,1-2H3/b50-49-. The van der Waals surface area contributed by atoms with Crippen molar-refractivity contribution in [3.05, 3.63) is 189 Å². The monoisotopic (exact) mass is 846 g/mol. The third-order valence-corrected chi connectivity index (χ3v) is 10.3. The summed E-state index contributed by atoms with van der Waals surface area (Å²) in [4.78, 5) is 27.8. The Morgan fingerprint density at radius 3 is 1.69 bits per heavy atom. The van der Waals surface area contributed by atoms with Crippen molar-refractivity contribution >= 4 is 58.8 Å². The number of rotatable bonds is 9. The lowest BCUT2D eigenvalue weighted by Gasteiger charge is -2.21. The molecule has 0 saturated heterocycles. The van der Waals surface area contributed by atoms with E-state index in [2.05, 4.69) is 35.6 Å². The molecular formula is C51H33BCl2N4O4. The molecule has 0 N–H and O–H groups in total. The van der Waals surface area contributed by atoms with Gasteiger partial charge in [-0.15, -0.1) is 0 Å². The maximum absolute atomic E-state index is 11.2. The largest absolute Gasteiger partial charge is 0.496 e. The summed E-state index contributed by atoms with van der Waals surface area (Å²) < 4.78 is 11.6. The van der Waals surface area contributed by atoms with Gasteiger partial charge in [0.2, 0.25) is 0 Å². The number of hydrogen-bond donors (Lipinski definition) is 0. The van der Waals surface area contributed by atoms with E-state index >= 15 is 0 Å². The summed E-state index contributed by atoms with van der Waals surface area (Å²) in [6.45, 7) is 1.29. The number of carbonyl (C=O) groups excluding carboxylic acids is 2. The van der Waals surface area contributed by atoms with Crippen LogP contribution in [0.1, 0.15) is 47.4 Å². The van der Waals surface area contributed by atoms with E-state index < -0.39 is 18.8 Å². The number of esters is 2. The summed E-state index contributed by atoms with van der Waals surface area (Å²) in [5, 5.41) is 22.1. The number of carbonyl (C=O) groups is 2. The molecule has 0 bridgehead atoms. The van der Waals surface area contributed by atoms with Crippen molar-refractivity contribution in [2.24, 2.45) is 4.99 Å². The van der Waals surface area contributed by atoms with Crippen LogP contribution in [0.15, 0.2) is 150 Å². The van der Waals surface area contributed by atoms with Gasteiger partial charge < -0.3 is 14.0 Å². The molecule has 1 aliphatic rings. The lowest BCUT2D eigenvalue weighted by molar-refractivity contribution is -0.140. The highest BCUT2D eigenvalue weighted by molar-refractivity contribution is 6.73. The number of aromatic nitrogens is 1. The summed E-state index contributed by atoms with van der Waals surface area (Å²) >= 11 is 14.4. The number of ether oxygens (including phenoxy) is 2. The molecule has 11 heteroatoms. The van der Waals surface area contributed by atoms with Crippen molar-refractivity contribution in [3.63, 3.8) is 0 Å². The van der Waals surface area contributed by atoms with Gasteiger partial charge in [-0.3, -0.25) is 9.59 Å². The van der Waals surface area contributed by atoms with Crippen molar-refractivity contribution in [2.75, 3.05) is 13.2 Å². The van der Waals surface area contributed by atoms with Crippen LogP contribution in [-0.4, -0.2) is 42.2 Å². The lowest BCUT2D eigenvalue weighted by atomic mass is 9.65. The highest BCUT2D eigenvalue weighted by atomic mass is 35.5. The minimum Gasteiger partial charge on any atom is -0.453 e. The summed E-state index contributed by atoms with van der Waals surface area (Å²) in [5.74, 6) is 15.4. The second kappa shape index (κ2) is 19.5. The fourth-order valence-electron chi connectivity index (χ4n) is 6.93. The van der Waals surface area contributed by atoms with Crippen molar-refractivity contribution in [2.45, 2.75) is 13.8 Å². The van der Waals surface area contributed by atoms with E-state index in [0.717, 1.165) is 27.8 Å². The fraction of sp³-hybridized carbons (Fsp3) is 0.0784. The molecule has 5 aromatic carbocycles. The number of nitrogens with zero attached hydrogens (tertiary/aromatic N) is 4. The van der Waals surface area contributed by atoms with Crippen LogP contribution < -0.4 is 0 Å². The maximum Gasteiger partial charge on any atom is 0.496 e. The van der Waals surface area contributed by atoms with Crippen LogP contribution in [0.3, 0.4) is 0 Å². The molecule has 0 spiro atoms. The highest BCUT2D eigenvalue weighted by Crippen LogP contribution is 2.48. The van der Waals surface area contributed by atoms with Gasteiger partial charge in [-0.25, -0.2) is 15.5 Å². The Labute approximate surface area is 370 Å². The Hall–Kier alpha value is -7.79. The number of aliphatic imine (C=N–C) groups is 1. The molecule has 0 aliphatic carbocycles. The fourth-order valence-corrected chi connectivity index (χ4v) is 7.52. The zero-order chi connectivity index (χ0) is 43.6. The van der Waals surface area contributed by atoms with Crippen molar-refractivity contribution in [3.8, 4) is 58.0 Å². The van der Waals surface area contributed by atoms with Gasteiger partial charge in [0.15, 0.2) is 13.2 Å². The first-order valence-corrected chi connectivity index (χ1v) is 20.0. The normalized spacial score (nSPS) is 12.2. The maximum atomic E-state index is 11.2. The van der Waals surface area contributed by atoms with Gasteiger partial charge in [0.05, 0.1) is 33.4 Å². The third kappa shape index (κ3) is 9.48. The molecule has 0 fully saturated rings. The van der Waals surface area contributed by atoms with Crippen LogP contribution in [0, 0.1) is 46.1 Å². The first-order chi connectivity index (χ1) is 30.2. The Kier molecular flexibility index (Phi) is 13.3. The molecule has 1 aromatic heterocycles. The van der Waals surface area contributed by atoms with Crippen LogP contribution in [0.5, 0.6) is 0 Å². The first kappa shape index (κ1) is 42.3. The Balaban J connectivity index is 1.54. The van der Waals surface area contributed by atoms with E-state index in [0.29, 0.717) is 60.7 Å². The first-order valence-electron chi connectivity index (χ1n) is 19.3. The molecule has 62 heavy (non-hydrogen) atoms. The zero-order valence-corrected chi connectivity index (χ0v) is 35.0. The van der Waals surface area contributed by atoms with Crippen LogP contribution >= 0.6 is 23.2 Å². The molecule has 1 aliphatic heterocycles. The molecule has 298 valence electrons. The van der Waals surface area contributed by atoms with Crippen molar-refractivity contribution in [1.82, 2.24) is 4.48 Å². The lowest BCUT2D eigenvalue weighted by Crippen LogP contribution is -2.24. The quantitative estimate of drug-likeness (QED) is 0.0813. The average Bonchev–Trinajstić information content (AvgIpc) is 3.90. The molecule has 0 amide bonds. The van der Waals surface area contributed by atoms with Crippen LogP contribution in [0.4, 0.5) is 0 Å². The van der Waals surface area contributed by atoms with Crippen molar-refractivity contribution < 1.29 is 19.1 Å². The van der Waals surface area contributed by atoms with E-state index in [9.17, 15) is 20.1 Å². The van der Waals surface area contributed by atoms with E-state index in [1.165, 1.54) is 13.8 Å².